The standard InChI is InChI=1S/C10H10ClN/c11-9-4-3-5-10(8-9)12-6-1-2-7-12/h1-5,8H,6-7H2. The van der Waals surface area contributed by atoms with Crippen LogP contribution >= 0.6 is 11.6 Å². The average molecular weight is 180 g/mol. The van der Waals surface area contributed by atoms with Crippen LogP contribution in [0.25, 0.3) is 0 Å². The van der Waals surface area contributed by atoms with Crippen molar-refractivity contribution in [1.82, 2.24) is 0 Å². The maximum atomic E-state index is 5.88. The van der Waals surface area contributed by atoms with E-state index in [0.717, 1.165) is 18.1 Å². The molecule has 12 heavy (non-hydrogen) atoms. The van der Waals surface area contributed by atoms with Gasteiger partial charge in [0.25, 0.3) is 0 Å². The van der Waals surface area contributed by atoms with E-state index in [2.05, 4.69) is 23.1 Å². The molecule has 0 saturated heterocycles. The lowest BCUT2D eigenvalue weighted by Crippen LogP contribution is -2.18. The fourth-order valence-electron chi connectivity index (χ4n) is 1.36. The summed E-state index contributed by atoms with van der Waals surface area (Å²) in [5, 5.41) is 0.805. The minimum absolute atomic E-state index is 0.805. The van der Waals surface area contributed by atoms with Gasteiger partial charge in [0, 0.05) is 23.8 Å². The van der Waals surface area contributed by atoms with Crippen LogP contribution in [0.5, 0.6) is 0 Å². The molecule has 0 spiro atoms. The summed E-state index contributed by atoms with van der Waals surface area (Å²) >= 11 is 5.88. The van der Waals surface area contributed by atoms with Crippen molar-refractivity contribution in [3.05, 3.63) is 41.4 Å². The Bertz CT molecular complexity index is 298. The van der Waals surface area contributed by atoms with Crippen LogP contribution in [0, 0.1) is 0 Å². The fourth-order valence-corrected chi connectivity index (χ4v) is 1.55. The predicted molar refractivity (Wildman–Crippen MR) is 52.8 cm³/mol. The Morgan fingerprint density at radius 3 is 2.58 bits per heavy atom. The molecule has 0 fully saturated rings. The molecule has 1 aliphatic heterocycles. The lowest BCUT2D eigenvalue weighted by atomic mass is 10.3. The Kier molecular flexibility index (Phi) is 2.05. The van der Waals surface area contributed by atoms with Gasteiger partial charge in [-0.2, -0.15) is 0 Å². The Hall–Kier alpha value is -0.950. The minimum Gasteiger partial charge on any atom is -0.364 e. The van der Waals surface area contributed by atoms with Crippen molar-refractivity contribution < 1.29 is 0 Å². The van der Waals surface area contributed by atoms with Gasteiger partial charge in [0.1, 0.15) is 0 Å². The van der Waals surface area contributed by atoms with Crippen molar-refractivity contribution in [3.8, 4) is 0 Å². The van der Waals surface area contributed by atoms with Crippen LogP contribution in [0.2, 0.25) is 5.02 Å². The van der Waals surface area contributed by atoms with Crippen LogP contribution in [0.3, 0.4) is 0 Å². The third-order valence-corrected chi connectivity index (χ3v) is 2.23. The van der Waals surface area contributed by atoms with E-state index in [1.54, 1.807) is 0 Å². The second-order valence-electron chi connectivity index (χ2n) is 2.86. The number of halogens is 1. The summed E-state index contributed by atoms with van der Waals surface area (Å²) in [5.74, 6) is 0. The molecule has 0 radical (unpaired) electrons. The molecule has 2 rings (SSSR count). The third kappa shape index (κ3) is 1.46. The van der Waals surface area contributed by atoms with Crippen molar-refractivity contribution >= 4 is 17.3 Å². The zero-order valence-electron chi connectivity index (χ0n) is 6.70. The van der Waals surface area contributed by atoms with Crippen molar-refractivity contribution in [2.45, 2.75) is 0 Å². The number of hydrogen-bond donors (Lipinski definition) is 0. The molecule has 0 aromatic heterocycles. The highest BCUT2D eigenvalue weighted by atomic mass is 35.5. The Morgan fingerprint density at radius 2 is 1.92 bits per heavy atom. The molecule has 0 aliphatic carbocycles. The Balaban J connectivity index is 2.22. The molecular weight excluding hydrogens is 170 g/mol. The zero-order chi connectivity index (χ0) is 8.39. The summed E-state index contributed by atoms with van der Waals surface area (Å²) in [6, 6.07) is 7.96. The first-order valence-electron chi connectivity index (χ1n) is 4.02. The monoisotopic (exact) mass is 179 g/mol. The third-order valence-electron chi connectivity index (χ3n) is 1.99. The van der Waals surface area contributed by atoms with Crippen LogP contribution in [0.15, 0.2) is 36.4 Å². The van der Waals surface area contributed by atoms with E-state index >= 15 is 0 Å². The van der Waals surface area contributed by atoms with Crippen molar-refractivity contribution in [1.29, 1.82) is 0 Å². The Morgan fingerprint density at radius 1 is 1.17 bits per heavy atom. The van der Waals surface area contributed by atoms with E-state index in [-0.39, 0.29) is 0 Å². The molecule has 2 heteroatoms. The summed E-state index contributed by atoms with van der Waals surface area (Å²) in [7, 11) is 0. The highest BCUT2D eigenvalue weighted by molar-refractivity contribution is 6.30. The second-order valence-corrected chi connectivity index (χ2v) is 3.29. The van der Waals surface area contributed by atoms with Crippen LogP contribution in [-0.2, 0) is 0 Å². The molecule has 1 nitrogen and oxygen atoms in total. The SMILES string of the molecule is Clc1cccc(N2CC=CC2)c1. The predicted octanol–water partition coefficient (Wildman–Crippen LogP) is 2.72. The molecule has 0 amide bonds. The van der Waals surface area contributed by atoms with Gasteiger partial charge in [-0.1, -0.05) is 29.8 Å². The van der Waals surface area contributed by atoms with Gasteiger partial charge in [-0.25, -0.2) is 0 Å². The first kappa shape index (κ1) is 7.69. The van der Waals surface area contributed by atoms with Crippen LogP contribution < -0.4 is 4.90 Å². The minimum atomic E-state index is 0.805. The first-order valence-corrected chi connectivity index (χ1v) is 4.39. The van der Waals surface area contributed by atoms with Crippen molar-refractivity contribution in [2.24, 2.45) is 0 Å². The van der Waals surface area contributed by atoms with Gasteiger partial charge in [0.15, 0.2) is 0 Å². The van der Waals surface area contributed by atoms with E-state index < -0.39 is 0 Å². The summed E-state index contributed by atoms with van der Waals surface area (Å²) in [6.45, 7) is 2.00. The number of nitrogens with zero attached hydrogens (tertiary/aromatic N) is 1. The maximum Gasteiger partial charge on any atom is 0.0426 e. The largest absolute Gasteiger partial charge is 0.364 e. The topological polar surface area (TPSA) is 3.24 Å². The van der Waals surface area contributed by atoms with E-state index in [1.807, 2.05) is 18.2 Å². The van der Waals surface area contributed by atoms with Gasteiger partial charge >= 0.3 is 0 Å². The van der Waals surface area contributed by atoms with Crippen molar-refractivity contribution in [3.63, 3.8) is 0 Å². The number of rotatable bonds is 1. The summed E-state index contributed by atoms with van der Waals surface area (Å²) in [4.78, 5) is 2.27. The second kappa shape index (κ2) is 3.20. The maximum absolute atomic E-state index is 5.88. The molecule has 0 saturated carbocycles. The molecule has 1 heterocycles. The molecule has 0 atom stereocenters. The molecular formula is C10H10ClN. The molecule has 1 aromatic carbocycles. The quantitative estimate of drug-likeness (QED) is 0.600. The normalized spacial score (nSPS) is 15.6. The van der Waals surface area contributed by atoms with E-state index in [9.17, 15) is 0 Å². The highest BCUT2D eigenvalue weighted by Crippen LogP contribution is 2.20. The highest BCUT2D eigenvalue weighted by Gasteiger charge is 2.06. The van der Waals surface area contributed by atoms with Gasteiger partial charge in [-0.3, -0.25) is 0 Å². The van der Waals surface area contributed by atoms with E-state index in [0.29, 0.717) is 0 Å². The molecule has 1 aromatic rings. The van der Waals surface area contributed by atoms with Gasteiger partial charge < -0.3 is 4.90 Å². The van der Waals surface area contributed by atoms with Gasteiger partial charge in [0.2, 0.25) is 0 Å². The van der Waals surface area contributed by atoms with E-state index in [4.69, 9.17) is 11.6 Å². The summed E-state index contributed by atoms with van der Waals surface area (Å²) < 4.78 is 0. The number of hydrogen-bond acceptors (Lipinski definition) is 1. The summed E-state index contributed by atoms with van der Waals surface area (Å²) in [6.07, 6.45) is 4.34. The molecule has 62 valence electrons. The van der Waals surface area contributed by atoms with Gasteiger partial charge in [0.05, 0.1) is 0 Å². The van der Waals surface area contributed by atoms with Gasteiger partial charge in [-0.15, -0.1) is 0 Å². The zero-order valence-corrected chi connectivity index (χ0v) is 7.46. The molecule has 0 unspecified atom stereocenters. The number of anilines is 1. The van der Waals surface area contributed by atoms with Crippen molar-refractivity contribution in [2.75, 3.05) is 18.0 Å². The lowest BCUT2D eigenvalue weighted by Gasteiger charge is -2.17. The number of benzene rings is 1. The fraction of sp³-hybridized carbons (Fsp3) is 0.200. The Labute approximate surface area is 77.3 Å². The van der Waals surface area contributed by atoms with Crippen LogP contribution in [0.4, 0.5) is 5.69 Å². The average Bonchev–Trinajstić information content (AvgIpc) is 2.56. The summed E-state index contributed by atoms with van der Waals surface area (Å²) in [5.41, 5.74) is 1.20. The smallest absolute Gasteiger partial charge is 0.0426 e. The molecule has 0 N–H and O–H groups in total. The van der Waals surface area contributed by atoms with Gasteiger partial charge in [-0.05, 0) is 18.2 Å². The molecule has 1 aliphatic rings. The lowest BCUT2D eigenvalue weighted by molar-refractivity contribution is 1.01. The van der Waals surface area contributed by atoms with Crippen LogP contribution in [-0.4, -0.2) is 13.1 Å². The molecule has 0 bridgehead atoms. The van der Waals surface area contributed by atoms with Crippen LogP contribution in [0.1, 0.15) is 0 Å². The first-order chi connectivity index (χ1) is 5.86. The van der Waals surface area contributed by atoms with E-state index in [1.165, 1.54) is 5.69 Å².